The van der Waals surface area contributed by atoms with E-state index in [1.807, 2.05) is 13.8 Å². The third-order valence-corrected chi connectivity index (χ3v) is 8.06. The minimum atomic E-state index is -2.37. The lowest BCUT2D eigenvalue weighted by Gasteiger charge is -2.37. The molecule has 2 aliphatic heterocycles. The Morgan fingerprint density at radius 2 is 1.49 bits per heavy atom. The van der Waals surface area contributed by atoms with Crippen LogP contribution in [0.1, 0.15) is 32.3 Å². The van der Waals surface area contributed by atoms with Crippen LogP contribution in [-0.4, -0.2) is 39.1 Å². The topological polar surface area (TPSA) is 115 Å². The first-order valence-electron chi connectivity index (χ1n) is 13.0. The van der Waals surface area contributed by atoms with Crippen LogP contribution in [0.15, 0.2) is 95.7 Å². The fourth-order valence-corrected chi connectivity index (χ4v) is 6.31. The molecule has 0 radical (unpaired) electrons. The zero-order valence-electron chi connectivity index (χ0n) is 22.2. The van der Waals surface area contributed by atoms with Gasteiger partial charge < -0.3 is 10.2 Å². The van der Waals surface area contributed by atoms with E-state index >= 15 is 0 Å². The van der Waals surface area contributed by atoms with Crippen LogP contribution < -0.4 is 9.80 Å². The normalized spacial score (nSPS) is 23.1. The first kappa shape index (κ1) is 26.5. The molecule has 41 heavy (non-hydrogen) atoms. The quantitative estimate of drug-likeness (QED) is 0.250. The van der Waals surface area contributed by atoms with E-state index in [0.717, 1.165) is 4.90 Å². The first-order chi connectivity index (χ1) is 19.5. The second kappa shape index (κ2) is 9.17. The monoisotopic (exact) mass is 568 g/mol. The Morgan fingerprint density at radius 1 is 0.854 bits per heavy atom. The summed E-state index contributed by atoms with van der Waals surface area (Å²) in [7, 11) is 0. The fourth-order valence-electron chi connectivity index (χ4n) is 6.18. The molecule has 1 unspecified atom stereocenters. The first-order valence-corrected chi connectivity index (χ1v) is 13.4. The number of carbonyl (C=O) groups is 4. The molecule has 1 spiro atoms. The van der Waals surface area contributed by atoms with Crippen LogP contribution in [0.25, 0.3) is 5.76 Å². The van der Waals surface area contributed by atoms with Gasteiger partial charge in [0.05, 0.1) is 16.8 Å². The van der Waals surface area contributed by atoms with Crippen LogP contribution in [0.4, 0.5) is 11.4 Å². The standard InChI is InChI=1S/C32H25ClN2O6/c1-31(2)16-22-25(24(37)17-31)32(30(41)34(22)20-14-12-19(33)13-15-20)26(27(38)18-8-4-3-5-9-18)28(39)29(40)35(32)21-10-6-7-11-23(21)36/h3-15,36,38H,16-17H2,1-2H3/b27-26-. The molecule has 1 saturated heterocycles. The van der Waals surface area contributed by atoms with Gasteiger partial charge >= 0.3 is 5.91 Å². The number of hydrogen-bond donors (Lipinski definition) is 2. The SMILES string of the molecule is CC1(C)CC(=O)C2=C(C1)N(c1ccc(Cl)cc1)C(=O)C21/C(=C(\O)c2ccccc2)C(=O)C(=O)N1c1ccccc1O. The van der Waals surface area contributed by atoms with Crippen LogP contribution in [-0.2, 0) is 19.2 Å². The molecule has 9 heteroatoms. The van der Waals surface area contributed by atoms with Gasteiger partial charge in [0.2, 0.25) is 0 Å². The molecule has 2 heterocycles. The van der Waals surface area contributed by atoms with Gasteiger partial charge in [0, 0.05) is 28.4 Å². The molecule has 3 aromatic carbocycles. The number of nitrogens with zero attached hydrogens (tertiary/aromatic N) is 2. The van der Waals surface area contributed by atoms with Gasteiger partial charge in [-0.05, 0) is 48.2 Å². The van der Waals surface area contributed by atoms with Crippen LogP contribution >= 0.6 is 11.6 Å². The van der Waals surface area contributed by atoms with Gasteiger partial charge in [0.1, 0.15) is 11.5 Å². The Morgan fingerprint density at radius 3 is 2.15 bits per heavy atom. The third kappa shape index (κ3) is 3.74. The fraction of sp³-hybridized carbons (Fsp3) is 0.188. The third-order valence-electron chi connectivity index (χ3n) is 7.81. The molecule has 8 nitrogen and oxygen atoms in total. The summed E-state index contributed by atoms with van der Waals surface area (Å²) in [6.07, 6.45) is 0.298. The van der Waals surface area contributed by atoms with E-state index in [1.165, 1.54) is 41.3 Å². The average Bonchev–Trinajstić information content (AvgIpc) is 3.31. The highest BCUT2D eigenvalue weighted by atomic mass is 35.5. The number of anilines is 2. The van der Waals surface area contributed by atoms with E-state index in [1.54, 1.807) is 42.5 Å². The molecule has 0 bridgehead atoms. The van der Waals surface area contributed by atoms with Gasteiger partial charge in [-0.15, -0.1) is 0 Å². The van der Waals surface area contributed by atoms with Gasteiger partial charge in [0.15, 0.2) is 11.3 Å². The summed E-state index contributed by atoms with van der Waals surface area (Å²) in [6, 6.07) is 20.2. The van der Waals surface area contributed by atoms with Gasteiger partial charge in [-0.3, -0.25) is 29.0 Å². The molecule has 3 aliphatic rings. The predicted molar refractivity (Wildman–Crippen MR) is 153 cm³/mol. The van der Waals surface area contributed by atoms with Crippen molar-refractivity contribution in [2.45, 2.75) is 32.2 Å². The van der Waals surface area contributed by atoms with Crippen LogP contribution in [0, 0.1) is 5.41 Å². The lowest BCUT2D eigenvalue weighted by atomic mass is 9.70. The Kier molecular flexibility index (Phi) is 5.94. The minimum absolute atomic E-state index is 0.0334. The second-order valence-electron chi connectivity index (χ2n) is 11.1. The predicted octanol–water partition coefficient (Wildman–Crippen LogP) is 5.36. The molecule has 2 N–H and O–H groups in total. The van der Waals surface area contributed by atoms with Crippen molar-refractivity contribution in [3.8, 4) is 5.75 Å². The highest BCUT2D eigenvalue weighted by Crippen LogP contribution is 2.57. The number of aliphatic hydroxyl groups is 1. The number of halogens is 1. The van der Waals surface area contributed by atoms with Crippen molar-refractivity contribution in [2.24, 2.45) is 5.41 Å². The number of benzene rings is 3. The highest BCUT2D eigenvalue weighted by Gasteiger charge is 2.71. The average molecular weight is 569 g/mol. The molecule has 6 rings (SSSR count). The highest BCUT2D eigenvalue weighted by molar-refractivity contribution is 6.56. The van der Waals surface area contributed by atoms with Gasteiger partial charge in [-0.25, -0.2) is 0 Å². The zero-order chi connectivity index (χ0) is 29.3. The van der Waals surface area contributed by atoms with Crippen LogP contribution in [0.3, 0.4) is 0 Å². The molecule has 0 saturated carbocycles. The number of amides is 2. The van der Waals surface area contributed by atoms with Crippen molar-refractivity contribution in [3.05, 3.63) is 106 Å². The molecule has 206 valence electrons. The Balaban J connectivity index is 1.76. The van der Waals surface area contributed by atoms with E-state index < -0.39 is 45.7 Å². The number of para-hydroxylation sites is 2. The van der Waals surface area contributed by atoms with E-state index in [2.05, 4.69) is 0 Å². The van der Waals surface area contributed by atoms with E-state index in [4.69, 9.17) is 11.6 Å². The number of phenolic OH excluding ortho intramolecular Hbond substituents is 1. The number of hydrogen-bond acceptors (Lipinski definition) is 6. The number of aliphatic hydroxyl groups excluding tert-OH is 1. The Bertz CT molecular complexity index is 1720. The number of fused-ring (bicyclic) bond motifs is 1. The van der Waals surface area contributed by atoms with Crippen LogP contribution in [0.5, 0.6) is 5.75 Å². The summed E-state index contributed by atoms with van der Waals surface area (Å²) < 4.78 is 0. The van der Waals surface area contributed by atoms with Crippen LogP contribution in [0.2, 0.25) is 5.02 Å². The Hall–Kier alpha value is -4.69. The van der Waals surface area contributed by atoms with Crippen molar-refractivity contribution >= 4 is 52.1 Å². The molecule has 1 atom stereocenters. The number of Topliss-reactive ketones (excluding diaryl/α,β-unsaturated/α-hetero) is 2. The van der Waals surface area contributed by atoms with Crippen molar-refractivity contribution in [1.29, 1.82) is 0 Å². The summed E-state index contributed by atoms with van der Waals surface area (Å²) in [5.41, 5.74) is -2.78. The lowest BCUT2D eigenvalue weighted by Crippen LogP contribution is -2.56. The van der Waals surface area contributed by atoms with E-state index in [9.17, 15) is 29.4 Å². The molecular formula is C32H25ClN2O6. The number of carbonyl (C=O) groups excluding carboxylic acids is 4. The van der Waals surface area contributed by atoms with Crippen molar-refractivity contribution in [1.82, 2.24) is 0 Å². The number of phenols is 1. The molecule has 2 amide bonds. The zero-order valence-corrected chi connectivity index (χ0v) is 23.0. The van der Waals surface area contributed by atoms with Crippen molar-refractivity contribution in [2.75, 3.05) is 9.80 Å². The molecule has 1 fully saturated rings. The number of aromatic hydroxyl groups is 1. The number of allylic oxidation sites excluding steroid dienone is 1. The maximum Gasteiger partial charge on any atom is 0.300 e. The maximum atomic E-state index is 15.0. The summed E-state index contributed by atoms with van der Waals surface area (Å²) in [5.74, 6) is -4.52. The Labute approximate surface area is 240 Å². The second-order valence-corrected chi connectivity index (χ2v) is 11.6. The van der Waals surface area contributed by atoms with Gasteiger partial charge in [-0.2, -0.15) is 0 Å². The smallest absolute Gasteiger partial charge is 0.300 e. The molecule has 1 aliphatic carbocycles. The van der Waals surface area contributed by atoms with E-state index in [-0.39, 0.29) is 35.4 Å². The summed E-state index contributed by atoms with van der Waals surface area (Å²) in [5, 5.41) is 23.0. The minimum Gasteiger partial charge on any atom is -0.507 e. The summed E-state index contributed by atoms with van der Waals surface area (Å²) in [4.78, 5) is 59.2. The van der Waals surface area contributed by atoms with Gasteiger partial charge in [-0.1, -0.05) is 67.9 Å². The summed E-state index contributed by atoms with van der Waals surface area (Å²) in [6.45, 7) is 3.79. The molecule has 3 aromatic rings. The van der Waals surface area contributed by atoms with Crippen molar-refractivity contribution in [3.63, 3.8) is 0 Å². The largest absolute Gasteiger partial charge is 0.507 e. The number of rotatable bonds is 3. The van der Waals surface area contributed by atoms with E-state index in [0.29, 0.717) is 16.4 Å². The van der Waals surface area contributed by atoms with Gasteiger partial charge in [0.25, 0.3) is 11.7 Å². The summed E-state index contributed by atoms with van der Waals surface area (Å²) >= 11 is 6.14. The maximum absolute atomic E-state index is 15.0. The van der Waals surface area contributed by atoms with Crippen molar-refractivity contribution < 1.29 is 29.4 Å². The molecular weight excluding hydrogens is 544 g/mol. The molecule has 0 aromatic heterocycles. The lowest BCUT2D eigenvalue weighted by molar-refractivity contribution is -0.132. The number of ketones is 2.